The van der Waals surface area contributed by atoms with Crippen LogP contribution in [0.2, 0.25) is 0 Å². The van der Waals surface area contributed by atoms with Crippen LogP contribution in [0.3, 0.4) is 0 Å². The smallest absolute Gasteiger partial charge is 0.343 e. The number of anilines is 1. The van der Waals surface area contributed by atoms with Crippen LogP contribution in [-0.4, -0.2) is 36.6 Å². The molecule has 2 amide bonds. The monoisotopic (exact) mass is 533 g/mol. The minimum atomic E-state index is -0.982. The van der Waals surface area contributed by atoms with Crippen LogP contribution in [0, 0.1) is 5.92 Å². The van der Waals surface area contributed by atoms with Crippen molar-refractivity contribution in [3.63, 3.8) is 0 Å². The van der Waals surface area contributed by atoms with Gasteiger partial charge in [0.05, 0.1) is 23.9 Å². The number of hydrogen-bond donors (Lipinski definition) is 2. The second-order valence-electron chi connectivity index (χ2n) is 8.75. The van der Waals surface area contributed by atoms with Gasteiger partial charge >= 0.3 is 23.8 Å². The van der Waals surface area contributed by atoms with Crippen LogP contribution < -0.4 is 15.5 Å². The Hall–Kier alpha value is -4.31. The molecule has 1 unspecified atom stereocenters. The van der Waals surface area contributed by atoms with E-state index in [1.54, 1.807) is 55.5 Å². The number of hydrazone groups is 1. The Morgan fingerprint density at radius 1 is 1.03 bits per heavy atom. The average molecular weight is 534 g/mol. The van der Waals surface area contributed by atoms with Gasteiger partial charge in [-0.15, -0.1) is 11.3 Å². The molecule has 0 fully saturated rings. The van der Waals surface area contributed by atoms with Crippen LogP contribution in [0.1, 0.15) is 57.0 Å². The molecular weight excluding hydrogens is 506 g/mol. The first-order chi connectivity index (χ1) is 18.4. The molecule has 0 radical (unpaired) electrons. The minimum absolute atomic E-state index is 0.207. The van der Waals surface area contributed by atoms with Crippen LogP contribution in [-0.2, 0) is 27.2 Å². The zero-order chi connectivity index (χ0) is 27.1. The summed E-state index contributed by atoms with van der Waals surface area (Å²) >= 11 is 1.30. The SMILES string of the molecule is CCOC(=O)c1c(NC(=O)C(=O)NN=Cc2ccc(OC(=O)c3ccccc3)cc2)sc2c1CCC(C)C2. The number of carbonyl (C=O) groups is 4. The summed E-state index contributed by atoms with van der Waals surface area (Å²) in [6.45, 7) is 4.06. The second kappa shape index (κ2) is 12.3. The highest BCUT2D eigenvalue weighted by Gasteiger charge is 2.30. The molecule has 3 aromatic rings. The lowest BCUT2D eigenvalue weighted by molar-refractivity contribution is -0.136. The molecule has 0 saturated carbocycles. The summed E-state index contributed by atoms with van der Waals surface area (Å²) in [5.74, 6) is -2.08. The quantitative estimate of drug-likeness (QED) is 0.153. The Kier molecular flexibility index (Phi) is 8.65. The summed E-state index contributed by atoms with van der Waals surface area (Å²) < 4.78 is 10.5. The molecule has 0 bridgehead atoms. The van der Waals surface area contributed by atoms with Gasteiger partial charge in [0.15, 0.2) is 0 Å². The fourth-order valence-electron chi connectivity index (χ4n) is 4.00. The molecule has 2 N–H and O–H groups in total. The molecule has 4 rings (SSSR count). The number of hydrogen-bond acceptors (Lipinski definition) is 8. The van der Waals surface area contributed by atoms with E-state index in [4.69, 9.17) is 9.47 Å². The first kappa shape index (κ1) is 26.7. The van der Waals surface area contributed by atoms with Crippen molar-refractivity contribution in [1.29, 1.82) is 0 Å². The normalized spacial score (nSPS) is 14.4. The molecule has 1 aromatic heterocycles. The van der Waals surface area contributed by atoms with Crippen molar-refractivity contribution < 1.29 is 28.7 Å². The fourth-order valence-corrected chi connectivity index (χ4v) is 5.39. The number of nitrogens with zero attached hydrogens (tertiary/aromatic N) is 1. The number of rotatable bonds is 7. The van der Waals surface area contributed by atoms with Gasteiger partial charge in [0, 0.05) is 4.88 Å². The van der Waals surface area contributed by atoms with Crippen molar-refractivity contribution in [2.75, 3.05) is 11.9 Å². The highest BCUT2D eigenvalue weighted by atomic mass is 32.1. The number of amides is 2. The van der Waals surface area contributed by atoms with Crippen LogP contribution in [0.5, 0.6) is 5.75 Å². The average Bonchev–Trinajstić information content (AvgIpc) is 3.27. The van der Waals surface area contributed by atoms with Crippen molar-refractivity contribution in [3.05, 3.63) is 81.7 Å². The molecule has 1 aliphatic rings. The van der Waals surface area contributed by atoms with Crippen LogP contribution in [0.15, 0.2) is 59.7 Å². The number of fused-ring (bicyclic) bond motifs is 1. The van der Waals surface area contributed by atoms with Gasteiger partial charge in [0.25, 0.3) is 0 Å². The van der Waals surface area contributed by atoms with Gasteiger partial charge in [0.1, 0.15) is 10.8 Å². The first-order valence-electron chi connectivity index (χ1n) is 12.2. The van der Waals surface area contributed by atoms with Crippen molar-refractivity contribution in [2.24, 2.45) is 11.0 Å². The third kappa shape index (κ3) is 6.51. The largest absolute Gasteiger partial charge is 0.462 e. The van der Waals surface area contributed by atoms with Gasteiger partial charge in [-0.05, 0) is 79.6 Å². The highest BCUT2D eigenvalue weighted by Crippen LogP contribution is 2.40. The molecule has 196 valence electrons. The summed E-state index contributed by atoms with van der Waals surface area (Å²) in [6, 6.07) is 15.1. The maximum absolute atomic E-state index is 12.6. The third-order valence-electron chi connectivity index (χ3n) is 5.90. The Labute approximate surface area is 223 Å². The van der Waals surface area contributed by atoms with Gasteiger partial charge in [-0.25, -0.2) is 15.0 Å². The van der Waals surface area contributed by atoms with E-state index in [-0.39, 0.29) is 6.61 Å². The topological polar surface area (TPSA) is 123 Å². The second-order valence-corrected chi connectivity index (χ2v) is 9.86. The molecule has 2 aromatic carbocycles. The van der Waals surface area contributed by atoms with Gasteiger partial charge in [-0.3, -0.25) is 9.59 Å². The molecular formula is C28H27N3O6S. The Morgan fingerprint density at radius 3 is 2.47 bits per heavy atom. The van der Waals surface area contributed by atoms with Gasteiger partial charge < -0.3 is 14.8 Å². The molecule has 1 aliphatic carbocycles. The predicted molar refractivity (Wildman–Crippen MR) is 144 cm³/mol. The lowest BCUT2D eigenvalue weighted by atomic mass is 9.88. The van der Waals surface area contributed by atoms with Gasteiger partial charge in [0.2, 0.25) is 0 Å². The van der Waals surface area contributed by atoms with E-state index in [1.165, 1.54) is 17.6 Å². The molecule has 38 heavy (non-hydrogen) atoms. The van der Waals surface area contributed by atoms with Crippen molar-refractivity contribution in [3.8, 4) is 5.75 Å². The van der Waals surface area contributed by atoms with Crippen molar-refractivity contribution >= 4 is 46.3 Å². The highest BCUT2D eigenvalue weighted by molar-refractivity contribution is 7.17. The number of nitrogens with one attached hydrogen (secondary N) is 2. The third-order valence-corrected chi connectivity index (χ3v) is 7.07. The zero-order valence-electron chi connectivity index (χ0n) is 21.0. The maximum atomic E-state index is 12.6. The summed E-state index contributed by atoms with van der Waals surface area (Å²) in [4.78, 5) is 50.6. The molecule has 9 nitrogen and oxygen atoms in total. The van der Waals surface area contributed by atoms with E-state index in [1.807, 2.05) is 6.07 Å². The number of thiophene rings is 1. The fraction of sp³-hybridized carbons (Fsp3) is 0.250. The van der Waals surface area contributed by atoms with Crippen LogP contribution in [0.25, 0.3) is 0 Å². The van der Waals surface area contributed by atoms with Crippen molar-refractivity contribution in [2.45, 2.75) is 33.1 Å². The van der Waals surface area contributed by atoms with E-state index in [0.717, 1.165) is 29.7 Å². The predicted octanol–water partition coefficient (Wildman–Crippen LogP) is 4.36. The molecule has 0 saturated heterocycles. The van der Waals surface area contributed by atoms with Gasteiger partial charge in [-0.2, -0.15) is 5.10 Å². The lowest BCUT2D eigenvalue weighted by Gasteiger charge is -2.18. The molecule has 0 spiro atoms. The minimum Gasteiger partial charge on any atom is -0.462 e. The Balaban J connectivity index is 1.35. The maximum Gasteiger partial charge on any atom is 0.343 e. The number of esters is 2. The first-order valence-corrected chi connectivity index (χ1v) is 13.0. The van der Waals surface area contributed by atoms with Crippen molar-refractivity contribution in [1.82, 2.24) is 5.43 Å². The number of carbonyl (C=O) groups excluding carboxylic acids is 4. The number of ether oxygens (including phenoxy) is 2. The summed E-state index contributed by atoms with van der Waals surface area (Å²) in [6.07, 6.45) is 3.82. The standard InChI is InChI=1S/C28H27N3O6S/c1-3-36-28(35)23-21-14-9-17(2)15-22(21)38-26(23)30-24(32)25(33)31-29-16-18-10-12-20(13-11-18)37-27(34)19-7-5-4-6-8-19/h4-8,10-13,16-17H,3,9,14-15H2,1-2H3,(H,30,32)(H,31,33). The van der Waals surface area contributed by atoms with E-state index in [9.17, 15) is 19.2 Å². The number of benzene rings is 2. The summed E-state index contributed by atoms with van der Waals surface area (Å²) in [5, 5.41) is 6.69. The summed E-state index contributed by atoms with van der Waals surface area (Å²) in [7, 11) is 0. The summed E-state index contributed by atoms with van der Waals surface area (Å²) in [5.41, 5.74) is 4.44. The van der Waals surface area contributed by atoms with E-state index >= 15 is 0 Å². The van der Waals surface area contributed by atoms with Crippen LogP contribution >= 0.6 is 11.3 Å². The van der Waals surface area contributed by atoms with E-state index in [2.05, 4.69) is 22.8 Å². The molecule has 1 heterocycles. The molecule has 0 aliphatic heterocycles. The van der Waals surface area contributed by atoms with E-state index < -0.39 is 23.8 Å². The Morgan fingerprint density at radius 2 is 1.76 bits per heavy atom. The lowest BCUT2D eigenvalue weighted by Crippen LogP contribution is -2.32. The van der Waals surface area contributed by atoms with Gasteiger partial charge in [-0.1, -0.05) is 25.1 Å². The molecule has 1 atom stereocenters. The Bertz CT molecular complexity index is 1370. The van der Waals surface area contributed by atoms with E-state index in [0.29, 0.717) is 33.4 Å². The van der Waals surface area contributed by atoms with Crippen LogP contribution in [0.4, 0.5) is 5.00 Å². The molecule has 10 heteroatoms. The zero-order valence-corrected chi connectivity index (χ0v) is 21.8.